The standard InChI is InChI=1S/C23H18Cl2N4O2S2/c1-3-10-29-21(31)15-6-4-5-7-18(15)27-23(29)33-13(2)20(30)28-22-26-19(12-32-22)14-8-9-16(24)17(25)11-14/h3-9,11-13H,1,10H2,2H3,(H,26,28,30)/t13-/m1/s1. The van der Waals surface area contributed by atoms with Crippen LogP contribution in [0.25, 0.3) is 22.2 Å². The van der Waals surface area contributed by atoms with Gasteiger partial charge in [-0.1, -0.05) is 59.2 Å². The Morgan fingerprint density at radius 2 is 2.03 bits per heavy atom. The number of carbonyl (C=O) groups is 1. The number of carbonyl (C=O) groups excluding carboxylic acids is 1. The lowest BCUT2D eigenvalue weighted by Gasteiger charge is -2.15. The zero-order valence-electron chi connectivity index (χ0n) is 17.4. The molecule has 1 amide bonds. The number of para-hydroxylation sites is 1. The number of thioether (sulfide) groups is 1. The lowest BCUT2D eigenvalue weighted by atomic mass is 10.2. The molecule has 0 aliphatic rings. The first-order valence-electron chi connectivity index (χ1n) is 9.86. The second-order valence-corrected chi connectivity index (χ2v) is 10.0. The van der Waals surface area contributed by atoms with Gasteiger partial charge in [0.15, 0.2) is 10.3 Å². The molecule has 10 heteroatoms. The van der Waals surface area contributed by atoms with Crippen LogP contribution < -0.4 is 10.9 Å². The minimum atomic E-state index is -0.522. The van der Waals surface area contributed by atoms with Gasteiger partial charge in [-0.2, -0.15) is 0 Å². The van der Waals surface area contributed by atoms with E-state index >= 15 is 0 Å². The number of nitrogens with zero attached hydrogens (tertiary/aromatic N) is 3. The van der Waals surface area contributed by atoms with Crippen molar-refractivity contribution in [2.24, 2.45) is 0 Å². The van der Waals surface area contributed by atoms with E-state index in [9.17, 15) is 9.59 Å². The minimum absolute atomic E-state index is 0.165. The quantitative estimate of drug-likeness (QED) is 0.181. The molecule has 1 N–H and O–H groups in total. The van der Waals surface area contributed by atoms with Crippen molar-refractivity contribution in [1.82, 2.24) is 14.5 Å². The van der Waals surface area contributed by atoms with Crippen LogP contribution in [0.2, 0.25) is 10.0 Å². The monoisotopic (exact) mass is 516 g/mol. The van der Waals surface area contributed by atoms with Crippen LogP contribution in [-0.4, -0.2) is 25.7 Å². The van der Waals surface area contributed by atoms with E-state index in [0.29, 0.717) is 43.5 Å². The second kappa shape index (κ2) is 10.1. The lowest BCUT2D eigenvalue weighted by Crippen LogP contribution is -2.26. The van der Waals surface area contributed by atoms with Crippen LogP contribution in [0.15, 0.2) is 70.5 Å². The van der Waals surface area contributed by atoms with Crippen LogP contribution in [0.5, 0.6) is 0 Å². The highest BCUT2D eigenvalue weighted by atomic mass is 35.5. The molecule has 2 aromatic heterocycles. The maximum atomic E-state index is 12.9. The zero-order valence-corrected chi connectivity index (χ0v) is 20.6. The first-order valence-corrected chi connectivity index (χ1v) is 12.4. The van der Waals surface area contributed by atoms with Crippen molar-refractivity contribution in [2.45, 2.75) is 23.9 Å². The van der Waals surface area contributed by atoms with Crippen LogP contribution >= 0.6 is 46.3 Å². The molecule has 168 valence electrons. The topological polar surface area (TPSA) is 76.9 Å². The van der Waals surface area contributed by atoms with Gasteiger partial charge in [-0.05, 0) is 31.2 Å². The van der Waals surface area contributed by atoms with Gasteiger partial charge in [0.25, 0.3) is 5.56 Å². The third-order valence-electron chi connectivity index (χ3n) is 4.74. The van der Waals surface area contributed by atoms with Crippen LogP contribution in [0.3, 0.4) is 0 Å². The molecule has 0 unspecified atom stereocenters. The number of benzene rings is 2. The number of rotatable bonds is 7. The molecule has 4 aromatic rings. The first kappa shape index (κ1) is 23.5. The molecule has 2 aromatic carbocycles. The summed E-state index contributed by atoms with van der Waals surface area (Å²) < 4.78 is 1.52. The molecule has 6 nitrogen and oxygen atoms in total. The summed E-state index contributed by atoms with van der Waals surface area (Å²) in [7, 11) is 0. The van der Waals surface area contributed by atoms with Gasteiger partial charge in [-0.25, -0.2) is 9.97 Å². The predicted molar refractivity (Wildman–Crippen MR) is 138 cm³/mol. The summed E-state index contributed by atoms with van der Waals surface area (Å²) in [5, 5.41) is 6.49. The van der Waals surface area contributed by atoms with Gasteiger partial charge < -0.3 is 5.32 Å². The minimum Gasteiger partial charge on any atom is -0.301 e. The molecule has 0 radical (unpaired) electrons. The Hall–Kier alpha value is -2.65. The number of hydrogen-bond donors (Lipinski definition) is 1. The molecular weight excluding hydrogens is 499 g/mol. The molecule has 1 atom stereocenters. The molecule has 4 rings (SSSR count). The molecule has 2 heterocycles. The first-order chi connectivity index (χ1) is 15.9. The van der Waals surface area contributed by atoms with Crippen LogP contribution in [0.1, 0.15) is 6.92 Å². The molecule has 0 fully saturated rings. The Morgan fingerprint density at radius 1 is 1.24 bits per heavy atom. The van der Waals surface area contributed by atoms with E-state index in [0.717, 1.165) is 5.56 Å². The summed E-state index contributed by atoms with van der Waals surface area (Å²) in [4.78, 5) is 34.8. The van der Waals surface area contributed by atoms with Crippen molar-refractivity contribution < 1.29 is 4.79 Å². The third-order valence-corrected chi connectivity index (χ3v) is 7.33. The smallest absolute Gasteiger partial charge is 0.262 e. The number of hydrogen-bond acceptors (Lipinski definition) is 6. The fraction of sp³-hybridized carbons (Fsp3) is 0.130. The third kappa shape index (κ3) is 5.14. The summed E-state index contributed by atoms with van der Waals surface area (Å²) in [6.45, 7) is 5.78. The number of thiazole rings is 1. The molecule has 0 bridgehead atoms. The van der Waals surface area contributed by atoms with Gasteiger partial charge >= 0.3 is 0 Å². The van der Waals surface area contributed by atoms with E-state index in [2.05, 4.69) is 21.9 Å². The Bertz CT molecular complexity index is 1420. The fourth-order valence-electron chi connectivity index (χ4n) is 3.07. The highest BCUT2D eigenvalue weighted by Gasteiger charge is 2.20. The van der Waals surface area contributed by atoms with Gasteiger partial charge in [-0.15, -0.1) is 17.9 Å². The Morgan fingerprint density at radius 3 is 2.79 bits per heavy atom. The number of nitrogens with one attached hydrogen (secondary N) is 1. The average molecular weight is 517 g/mol. The molecule has 0 saturated carbocycles. The van der Waals surface area contributed by atoms with Crippen molar-refractivity contribution in [3.63, 3.8) is 0 Å². The van der Waals surface area contributed by atoms with Gasteiger partial charge in [-0.3, -0.25) is 14.2 Å². The summed E-state index contributed by atoms with van der Waals surface area (Å²) in [6, 6.07) is 12.4. The predicted octanol–water partition coefficient (Wildman–Crippen LogP) is 6.13. The number of aromatic nitrogens is 3. The lowest BCUT2D eigenvalue weighted by molar-refractivity contribution is -0.115. The molecular formula is C23H18Cl2N4O2S2. The number of anilines is 1. The summed E-state index contributed by atoms with van der Waals surface area (Å²) >= 11 is 14.6. The van der Waals surface area contributed by atoms with Crippen LogP contribution in [0, 0.1) is 0 Å². The molecule has 0 aliphatic heterocycles. The van der Waals surface area contributed by atoms with Crippen molar-refractivity contribution >= 4 is 68.2 Å². The summed E-state index contributed by atoms with van der Waals surface area (Å²) in [5.74, 6) is -0.248. The Kier molecular flexibility index (Phi) is 7.19. The highest BCUT2D eigenvalue weighted by molar-refractivity contribution is 8.00. The number of fused-ring (bicyclic) bond motifs is 1. The van der Waals surface area contributed by atoms with E-state index in [1.165, 1.54) is 27.7 Å². The van der Waals surface area contributed by atoms with Gasteiger partial charge in [0, 0.05) is 17.5 Å². The molecule has 0 aliphatic carbocycles. The summed E-state index contributed by atoms with van der Waals surface area (Å²) in [5.41, 5.74) is 1.91. The average Bonchev–Trinajstić information content (AvgIpc) is 3.26. The van der Waals surface area contributed by atoms with Crippen molar-refractivity contribution in [3.05, 3.63) is 80.9 Å². The van der Waals surface area contributed by atoms with Crippen molar-refractivity contribution in [3.8, 4) is 11.3 Å². The molecule has 0 saturated heterocycles. The zero-order chi connectivity index (χ0) is 23.5. The van der Waals surface area contributed by atoms with Gasteiger partial charge in [0.05, 0.1) is 31.9 Å². The maximum absolute atomic E-state index is 12.9. The van der Waals surface area contributed by atoms with E-state index in [-0.39, 0.29) is 11.5 Å². The Balaban J connectivity index is 1.53. The van der Waals surface area contributed by atoms with Crippen molar-refractivity contribution in [1.29, 1.82) is 0 Å². The number of halogens is 2. The fourth-order valence-corrected chi connectivity index (χ4v) is 5.00. The normalized spacial score (nSPS) is 12.0. The maximum Gasteiger partial charge on any atom is 0.262 e. The molecule has 0 spiro atoms. The van der Waals surface area contributed by atoms with Crippen LogP contribution in [-0.2, 0) is 11.3 Å². The van der Waals surface area contributed by atoms with E-state index in [4.69, 9.17) is 23.2 Å². The second-order valence-electron chi connectivity index (χ2n) is 7.03. The van der Waals surface area contributed by atoms with E-state index < -0.39 is 5.25 Å². The van der Waals surface area contributed by atoms with Crippen molar-refractivity contribution in [2.75, 3.05) is 5.32 Å². The van der Waals surface area contributed by atoms with E-state index in [1.807, 2.05) is 17.5 Å². The number of allylic oxidation sites excluding steroid dienone is 1. The largest absolute Gasteiger partial charge is 0.301 e. The van der Waals surface area contributed by atoms with Crippen LogP contribution in [0.4, 0.5) is 5.13 Å². The molecule has 33 heavy (non-hydrogen) atoms. The number of amides is 1. The highest BCUT2D eigenvalue weighted by Crippen LogP contribution is 2.31. The van der Waals surface area contributed by atoms with Gasteiger partial charge in [0.1, 0.15) is 0 Å². The Labute approximate surface area is 208 Å². The van der Waals surface area contributed by atoms with E-state index in [1.54, 1.807) is 43.3 Å². The SMILES string of the molecule is C=CCn1c(S[C@H](C)C(=O)Nc2nc(-c3ccc(Cl)c(Cl)c3)cs2)nc2ccccc2c1=O. The summed E-state index contributed by atoms with van der Waals surface area (Å²) in [6.07, 6.45) is 1.63. The van der Waals surface area contributed by atoms with Gasteiger partial charge in [0.2, 0.25) is 5.91 Å².